The van der Waals surface area contributed by atoms with Gasteiger partial charge in [-0.2, -0.15) is 5.10 Å². The summed E-state index contributed by atoms with van der Waals surface area (Å²) in [5.41, 5.74) is 1.15. The Morgan fingerprint density at radius 2 is 2.13 bits per heavy atom. The molecule has 164 valence electrons. The molecule has 3 heterocycles. The number of aromatic amines is 1. The summed E-state index contributed by atoms with van der Waals surface area (Å²) in [4.78, 5) is 31.7. The van der Waals surface area contributed by atoms with Crippen LogP contribution in [0.5, 0.6) is 0 Å². The van der Waals surface area contributed by atoms with E-state index in [1.807, 2.05) is 6.92 Å². The van der Waals surface area contributed by atoms with Crippen molar-refractivity contribution in [1.82, 2.24) is 24.1 Å². The van der Waals surface area contributed by atoms with Crippen LogP contribution < -0.4 is 10.9 Å². The standard InChI is InChI=1S/C20H24N6O4S/c1-2-10-31(29,30)25-9-5-6-14(12-25)19(27)24-16-7-3-4-8-17(16)26-18-15(11-23-26)20(28)22-13-21-18/h3-4,7-8,11,13-14H,2,5-6,9-10,12H2,1H3,(H,24,27)(H,21,22,28). The zero-order chi connectivity index (χ0) is 22.0. The molecule has 2 aromatic heterocycles. The molecule has 0 radical (unpaired) electrons. The number of nitrogens with zero attached hydrogens (tertiary/aromatic N) is 4. The molecule has 31 heavy (non-hydrogen) atoms. The van der Waals surface area contributed by atoms with Crippen molar-refractivity contribution in [2.75, 3.05) is 24.2 Å². The van der Waals surface area contributed by atoms with Crippen molar-refractivity contribution in [2.45, 2.75) is 26.2 Å². The minimum absolute atomic E-state index is 0.0860. The second kappa shape index (κ2) is 8.60. The van der Waals surface area contributed by atoms with Crippen LogP contribution in [0.25, 0.3) is 16.7 Å². The Hall–Kier alpha value is -3.05. The second-order valence-electron chi connectivity index (χ2n) is 7.54. The molecule has 0 bridgehead atoms. The van der Waals surface area contributed by atoms with Crippen molar-refractivity contribution in [3.8, 4) is 5.69 Å². The van der Waals surface area contributed by atoms with E-state index in [4.69, 9.17) is 0 Å². The molecule has 2 N–H and O–H groups in total. The summed E-state index contributed by atoms with van der Waals surface area (Å²) < 4.78 is 27.8. The van der Waals surface area contributed by atoms with Gasteiger partial charge in [0.15, 0.2) is 5.65 Å². The van der Waals surface area contributed by atoms with E-state index >= 15 is 0 Å². The van der Waals surface area contributed by atoms with E-state index in [1.54, 1.807) is 24.3 Å². The number of rotatable bonds is 6. The highest BCUT2D eigenvalue weighted by Crippen LogP contribution is 2.25. The molecule has 0 aliphatic carbocycles. The molecule has 0 spiro atoms. The van der Waals surface area contributed by atoms with Gasteiger partial charge in [0, 0.05) is 13.1 Å². The molecule has 1 amide bonds. The van der Waals surface area contributed by atoms with Crippen LogP contribution in [0.4, 0.5) is 5.69 Å². The van der Waals surface area contributed by atoms with Crippen molar-refractivity contribution in [3.05, 3.63) is 47.1 Å². The summed E-state index contributed by atoms with van der Waals surface area (Å²) in [6, 6.07) is 7.08. The van der Waals surface area contributed by atoms with Crippen molar-refractivity contribution in [3.63, 3.8) is 0 Å². The molecule has 0 saturated carbocycles. The number of sulfonamides is 1. The number of carbonyl (C=O) groups excluding carboxylic acids is 1. The van der Waals surface area contributed by atoms with E-state index in [0.29, 0.717) is 48.2 Å². The number of para-hydroxylation sites is 2. The number of hydrogen-bond acceptors (Lipinski definition) is 6. The highest BCUT2D eigenvalue weighted by molar-refractivity contribution is 7.89. The van der Waals surface area contributed by atoms with Gasteiger partial charge >= 0.3 is 0 Å². The normalized spacial score (nSPS) is 17.6. The molecule has 1 atom stereocenters. The third-order valence-corrected chi connectivity index (χ3v) is 7.41. The van der Waals surface area contributed by atoms with Crippen LogP contribution in [-0.2, 0) is 14.8 Å². The Kier molecular flexibility index (Phi) is 5.88. The molecule has 4 rings (SSSR count). The number of carbonyl (C=O) groups is 1. The SMILES string of the molecule is CCCS(=O)(=O)N1CCCC(C(=O)Nc2ccccc2-n2ncc3c(=O)[nH]cnc32)C1. The van der Waals surface area contributed by atoms with Crippen LogP contribution in [0, 0.1) is 5.92 Å². The van der Waals surface area contributed by atoms with E-state index in [9.17, 15) is 18.0 Å². The van der Waals surface area contributed by atoms with Crippen molar-refractivity contribution in [2.24, 2.45) is 5.92 Å². The van der Waals surface area contributed by atoms with E-state index in [-0.39, 0.29) is 23.8 Å². The maximum absolute atomic E-state index is 13.0. The van der Waals surface area contributed by atoms with Crippen LogP contribution in [-0.4, -0.2) is 57.2 Å². The van der Waals surface area contributed by atoms with E-state index in [2.05, 4.69) is 20.4 Å². The first-order valence-corrected chi connectivity index (χ1v) is 11.8. The van der Waals surface area contributed by atoms with Gasteiger partial charge in [0.25, 0.3) is 5.56 Å². The van der Waals surface area contributed by atoms with E-state index in [0.717, 1.165) is 0 Å². The van der Waals surface area contributed by atoms with Gasteiger partial charge in [0.1, 0.15) is 5.39 Å². The lowest BCUT2D eigenvalue weighted by atomic mass is 9.98. The number of anilines is 1. The Balaban J connectivity index is 1.59. The Morgan fingerprint density at radius 1 is 1.32 bits per heavy atom. The summed E-state index contributed by atoms with van der Waals surface area (Å²) in [6.07, 6.45) is 4.53. The van der Waals surface area contributed by atoms with Crippen molar-refractivity contribution >= 4 is 32.7 Å². The van der Waals surface area contributed by atoms with Gasteiger partial charge in [-0.1, -0.05) is 19.1 Å². The molecule has 1 fully saturated rings. The molecule has 11 heteroatoms. The van der Waals surface area contributed by atoms with Crippen LogP contribution in [0.1, 0.15) is 26.2 Å². The zero-order valence-electron chi connectivity index (χ0n) is 17.1. The highest BCUT2D eigenvalue weighted by Gasteiger charge is 2.32. The number of aromatic nitrogens is 4. The predicted octanol–water partition coefficient (Wildman–Crippen LogP) is 1.50. The monoisotopic (exact) mass is 444 g/mol. The second-order valence-corrected chi connectivity index (χ2v) is 9.63. The van der Waals surface area contributed by atoms with Gasteiger partial charge in [-0.25, -0.2) is 22.4 Å². The Bertz CT molecular complexity index is 1270. The quantitative estimate of drug-likeness (QED) is 0.593. The molecule has 1 aliphatic heterocycles. The predicted molar refractivity (Wildman–Crippen MR) is 116 cm³/mol. The third kappa shape index (κ3) is 4.23. The van der Waals surface area contributed by atoms with Gasteiger partial charge in [0.05, 0.1) is 35.6 Å². The van der Waals surface area contributed by atoms with Crippen molar-refractivity contribution in [1.29, 1.82) is 0 Å². The van der Waals surface area contributed by atoms with Gasteiger partial charge < -0.3 is 10.3 Å². The maximum atomic E-state index is 13.0. The fourth-order valence-corrected chi connectivity index (χ4v) is 5.42. The lowest BCUT2D eigenvalue weighted by molar-refractivity contribution is -0.120. The van der Waals surface area contributed by atoms with Crippen LogP contribution in [0.15, 0.2) is 41.6 Å². The summed E-state index contributed by atoms with van der Waals surface area (Å²) >= 11 is 0. The summed E-state index contributed by atoms with van der Waals surface area (Å²) in [5, 5.41) is 7.52. The summed E-state index contributed by atoms with van der Waals surface area (Å²) in [7, 11) is -3.35. The fraction of sp³-hybridized carbons (Fsp3) is 0.400. The van der Waals surface area contributed by atoms with Crippen LogP contribution in [0.2, 0.25) is 0 Å². The first-order valence-electron chi connectivity index (χ1n) is 10.2. The number of fused-ring (bicyclic) bond motifs is 1. The van der Waals surface area contributed by atoms with Gasteiger partial charge in [-0.05, 0) is 31.4 Å². The molecular formula is C20H24N6O4S. The molecule has 1 aromatic carbocycles. The lowest BCUT2D eigenvalue weighted by Crippen LogP contribution is -2.44. The average molecular weight is 445 g/mol. The van der Waals surface area contributed by atoms with Gasteiger partial charge in [-0.15, -0.1) is 0 Å². The van der Waals surface area contributed by atoms with Gasteiger partial charge in [0.2, 0.25) is 15.9 Å². The van der Waals surface area contributed by atoms with Crippen LogP contribution >= 0.6 is 0 Å². The molecule has 1 saturated heterocycles. The summed E-state index contributed by atoms with van der Waals surface area (Å²) in [6.45, 7) is 2.45. The molecular weight excluding hydrogens is 420 g/mol. The first-order chi connectivity index (χ1) is 14.9. The number of piperidine rings is 1. The van der Waals surface area contributed by atoms with E-state index < -0.39 is 15.9 Å². The minimum atomic E-state index is -3.35. The molecule has 3 aromatic rings. The number of amides is 1. The fourth-order valence-electron chi connectivity index (χ4n) is 3.83. The zero-order valence-corrected chi connectivity index (χ0v) is 17.9. The topological polar surface area (TPSA) is 130 Å². The van der Waals surface area contributed by atoms with Crippen molar-refractivity contribution < 1.29 is 13.2 Å². The number of H-pyrrole nitrogens is 1. The highest BCUT2D eigenvalue weighted by atomic mass is 32.2. The number of nitrogens with one attached hydrogen (secondary N) is 2. The maximum Gasteiger partial charge on any atom is 0.261 e. The Morgan fingerprint density at radius 3 is 2.94 bits per heavy atom. The first kappa shape index (κ1) is 21.2. The number of benzene rings is 1. The largest absolute Gasteiger partial charge is 0.324 e. The molecule has 1 aliphatic rings. The third-order valence-electron chi connectivity index (χ3n) is 5.37. The number of hydrogen-bond donors (Lipinski definition) is 2. The Labute approximate surface area is 179 Å². The smallest absolute Gasteiger partial charge is 0.261 e. The lowest BCUT2D eigenvalue weighted by Gasteiger charge is -2.31. The average Bonchev–Trinajstić information content (AvgIpc) is 3.19. The molecule has 1 unspecified atom stereocenters. The van der Waals surface area contributed by atoms with Gasteiger partial charge in [-0.3, -0.25) is 9.59 Å². The van der Waals surface area contributed by atoms with E-state index in [1.165, 1.54) is 21.5 Å². The molecule has 10 nitrogen and oxygen atoms in total. The summed E-state index contributed by atoms with van der Waals surface area (Å²) in [5.74, 6) is -0.599. The van der Waals surface area contributed by atoms with Crippen LogP contribution in [0.3, 0.4) is 0 Å². The minimum Gasteiger partial charge on any atom is -0.324 e.